The minimum atomic E-state index is -3.49. The van der Waals surface area contributed by atoms with Crippen LogP contribution in [0.3, 0.4) is 0 Å². The molecule has 0 heterocycles. The summed E-state index contributed by atoms with van der Waals surface area (Å²) in [4.78, 5) is 9.82. The van der Waals surface area contributed by atoms with Crippen LogP contribution in [0.2, 0.25) is 0 Å². The lowest BCUT2D eigenvalue weighted by Gasteiger charge is -2.16. The highest BCUT2D eigenvalue weighted by Gasteiger charge is 2.21. The van der Waals surface area contributed by atoms with E-state index in [-0.39, 0.29) is 12.3 Å². The summed E-state index contributed by atoms with van der Waals surface area (Å²) in [5, 5.41) is 10.4. The van der Waals surface area contributed by atoms with E-state index in [1.54, 1.807) is 0 Å². The summed E-state index contributed by atoms with van der Waals surface area (Å²) in [7, 11) is -3.49. The Balaban J connectivity index is 1.75. The van der Waals surface area contributed by atoms with E-state index in [4.69, 9.17) is 4.52 Å². The molecule has 2 rings (SSSR count). The van der Waals surface area contributed by atoms with Gasteiger partial charge < -0.3 is 14.5 Å². The highest BCUT2D eigenvalue weighted by Crippen LogP contribution is 2.44. The molecule has 0 aliphatic heterocycles. The van der Waals surface area contributed by atoms with Crippen LogP contribution in [-0.2, 0) is 9.09 Å². The lowest BCUT2D eigenvalue weighted by Crippen LogP contribution is -2.06. The van der Waals surface area contributed by atoms with E-state index in [1.165, 1.54) is 11.1 Å². The van der Waals surface area contributed by atoms with Gasteiger partial charge in [-0.1, -0.05) is 73.9 Å². The predicted molar refractivity (Wildman–Crippen MR) is 116 cm³/mol. The summed E-state index contributed by atoms with van der Waals surface area (Å²) in [5.41, 5.74) is 4.44. The third-order valence-electron chi connectivity index (χ3n) is 5.02. The fraction of sp³-hybridized carbons (Fsp3) is 0.478. The molecule has 4 nitrogen and oxygen atoms in total. The second-order valence-corrected chi connectivity index (χ2v) is 9.47. The summed E-state index contributed by atoms with van der Waals surface area (Å²) >= 11 is 0. The molecule has 0 saturated carbocycles. The van der Waals surface area contributed by atoms with Crippen molar-refractivity contribution in [3.05, 3.63) is 59.7 Å². The van der Waals surface area contributed by atoms with Gasteiger partial charge in [-0.25, -0.2) is 0 Å². The quantitative estimate of drug-likeness (QED) is 0.343. The smallest absolute Gasteiger partial charge is 0.328 e. The van der Waals surface area contributed by atoms with Gasteiger partial charge in [0.05, 0.1) is 12.2 Å². The molecule has 2 N–H and O–H groups in total. The van der Waals surface area contributed by atoms with Gasteiger partial charge in [0, 0.05) is 6.16 Å². The molecule has 3 unspecified atom stereocenters. The van der Waals surface area contributed by atoms with Crippen molar-refractivity contribution in [3.63, 3.8) is 0 Å². The second kappa shape index (κ2) is 10.9. The van der Waals surface area contributed by atoms with Gasteiger partial charge in [0.15, 0.2) is 0 Å². The molecule has 0 amide bonds. The molecule has 0 fully saturated rings. The SMILES string of the molecule is CCC(C)OP(=O)(O)CCCCCC(O)c1ccc(-c2ccc(C)cc2)cc1. The third kappa shape index (κ3) is 7.52. The van der Waals surface area contributed by atoms with E-state index in [9.17, 15) is 14.6 Å². The Labute approximate surface area is 169 Å². The van der Waals surface area contributed by atoms with E-state index in [1.807, 2.05) is 38.1 Å². The minimum Gasteiger partial charge on any atom is -0.388 e. The molecular formula is C23H33O4P. The lowest BCUT2D eigenvalue weighted by molar-refractivity contribution is 0.163. The number of aryl methyl sites for hydroxylation is 1. The van der Waals surface area contributed by atoms with Gasteiger partial charge in [-0.05, 0) is 49.8 Å². The molecule has 0 radical (unpaired) electrons. The predicted octanol–water partition coefficient (Wildman–Crippen LogP) is 6.26. The standard InChI is InChI=1S/C23H33O4P/c1-4-19(3)27-28(25,26)17-7-5-6-8-23(24)22-15-13-21(14-16-22)20-11-9-18(2)10-12-20/h9-16,19,23-24H,4-8,17H2,1-3H3,(H,25,26). The fourth-order valence-electron chi connectivity index (χ4n) is 3.04. The van der Waals surface area contributed by atoms with Gasteiger partial charge in [0.1, 0.15) is 0 Å². The van der Waals surface area contributed by atoms with Crippen LogP contribution in [0, 0.1) is 6.92 Å². The zero-order valence-corrected chi connectivity index (χ0v) is 18.1. The molecule has 0 aromatic heterocycles. The molecule has 0 bridgehead atoms. The van der Waals surface area contributed by atoms with Crippen LogP contribution in [0.5, 0.6) is 0 Å². The van der Waals surface area contributed by atoms with E-state index in [2.05, 4.69) is 31.2 Å². The van der Waals surface area contributed by atoms with Crippen molar-refractivity contribution in [1.82, 2.24) is 0 Å². The zero-order chi connectivity index (χ0) is 20.6. The zero-order valence-electron chi connectivity index (χ0n) is 17.2. The molecule has 5 heteroatoms. The summed E-state index contributed by atoms with van der Waals surface area (Å²) < 4.78 is 17.2. The molecule has 28 heavy (non-hydrogen) atoms. The van der Waals surface area contributed by atoms with Crippen molar-refractivity contribution in [1.29, 1.82) is 0 Å². The number of unbranched alkanes of at least 4 members (excludes halogenated alkanes) is 2. The lowest BCUT2D eigenvalue weighted by atomic mass is 9.99. The fourth-order valence-corrected chi connectivity index (χ4v) is 4.48. The minimum absolute atomic E-state index is 0.179. The van der Waals surface area contributed by atoms with Crippen LogP contribution in [0.25, 0.3) is 11.1 Å². The Morgan fingerprint density at radius 2 is 1.54 bits per heavy atom. The number of aliphatic hydroxyl groups is 1. The normalized spacial score (nSPS) is 15.8. The van der Waals surface area contributed by atoms with Crippen molar-refractivity contribution < 1.29 is 19.1 Å². The molecule has 0 aliphatic rings. The molecule has 2 aromatic carbocycles. The van der Waals surface area contributed by atoms with Crippen LogP contribution < -0.4 is 0 Å². The van der Waals surface area contributed by atoms with Gasteiger partial charge in [-0.15, -0.1) is 0 Å². The van der Waals surface area contributed by atoms with Crippen molar-refractivity contribution in [2.24, 2.45) is 0 Å². The van der Waals surface area contributed by atoms with Crippen molar-refractivity contribution in [3.8, 4) is 11.1 Å². The van der Waals surface area contributed by atoms with E-state index < -0.39 is 13.7 Å². The summed E-state index contributed by atoms with van der Waals surface area (Å²) in [5.74, 6) is 0. The van der Waals surface area contributed by atoms with Gasteiger partial charge in [0.25, 0.3) is 0 Å². The first-order chi connectivity index (χ1) is 13.3. The van der Waals surface area contributed by atoms with E-state index in [0.29, 0.717) is 12.8 Å². The second-order valence-electron chi connectivity index (χ2n) is 7.54. The Morgan fingerprint density at radius 1 is 0.964 bits per heavy atom. The van der Waals surface area contributed by atoms with Crippen molar-refractivity contribution in [2.45, 2.75) is 65.1 Å². The summed E-state index contributed by atoms with van der Waals surface area (Å²) in [6.07, 6.45) is 3.08. The van der Waals surface area contributed by atoms with Crippen LogP contribution in [-0.4, -0.2) is 22.3 Å². The molecule has 3 atom stereocenters. The Kier molecular flexibility index (Phi) is 8.91. The van der Waals surface area contributed by atoms with Gasteiger partial charge in [0.2, 0.25) is 0 Å². The summed E-state index contributed by atoms with van der Waals surface area (Å²) in [6.45, 7) is 5.81. The largest absolute Gasteiger partial charge is 0.388 e. The Morgan fingerprint density at radius 3 is 2.11 bits per heavy atom. The first kappa shape index (κ1) is 22.8. The number of hydrogen-bond donors (Lipinski definition) is 2. The molecular weight excluding hydrogens is 371 g/mol. The topological polar surface area (TPSA) is 66.8 Å². The molecule has 154 valence electrons. The Hall–Kier alpha value is -1.45. The maximum absolute atomic E-state index is 12.0. The highest BCUT2D eigenvalue weighted by molar-refractivity contribution is 7.52. The monoisotopic (exact) mass is 404 g/mol. The molecule has 2 aromatic rings. The number of benzene rings is 2. The third-order valence-corrected chi connectivity index (χ3v) is 6.59. The van der Waals surface area contributed by atoms with Crippen LogP contribution >= 0.6 is 7.60 Å². The van der Waals surface area contributed by atoms with Gasteiger partial charge in [-0.3, -0.25) is 4.57 Å². The average molecular weight is 404 g/mol. The van der Waals surface area contributed by atoms with Gasteiger partial charge >= 0.3 is 7.60 Å². The highest BCUT2D eigenvalue weighted by atomic mass is 31.2. The Bertz CT molecular complexity index is 755. The van der Waals surface area contributed by atoms with Crippen molar-refractivity contribution in [2.75, 3.05) is 6.16 Å². The maximum Gasteiger partial charge on any atom is 0.328 e. The molecule has 0 spiro atoms. The van der Waals surface area contributed by atoms with E-state index >= 15 is 0 Å². The number of hydrogen-bond acceptors (Lipinski definition) is 3. The first-order valence-corrected chi connectivity index (χ1v) is 11.9. The summed E-state index contributed by atoms with van der Waals surface area (Å²) in [6, 6.07) is 16.4. The van der Waals surface area contributed by atoms with Crippen molar-refractivity contribution >= 4 is 7.60 Å². The van der Waals surface area contributed by atoms with Gasteiger partial charge in [-0.2, -0.15) is 0 Å². The maximum atomic E-state index is 12.0. The number of rotatable bonds is 11. The molecule has 0 aliphatic carbocycles. The van der Waals surface area contributed by atoms with E-state index in [0.717, 1.165) is 30.4 Å². The van der Waals surface area contributed by atoms with Crippen LogP contribution in [0.15, 0.2) is 48.5 Å². The molecule has 0 saturated heterocycles. The van der Waals surface area contributed by atoms with Crippen LogP contribution in [0.1, 0.15) is 63.2 Å². The average Bonchev–Trinajstić information content (AvgIpc) is 2.67. The first-order valence-electron chi connectivity index (χ1n) is 10.2. The van der Waals surface area contributed by atoms with Crippen LogP contribution in [0.4, 0.5) is 0 Å². The number of aliphatic hydroxyl groups excluding tert-OH is 1.